The van der Waals surface area contributed by atoms with E-state index >= 15 is 0 Å². The highest BCUT2D eigenvalue weighted by Crippen LogP contribution is 2.32. The Kier molecular flexibility index (Phi) is 6.45. The highest BCUT2D eigenvalue weighted by Gasteiger charge is 2.21. The molecule has 2 aromatic rings. The van der Waals surface area contributed by atoms with Crippen LogP contribution in [0.25, 0.3) is 0 Å². The van der Waals surface area contributed by atoms with Crippen molar-refractivity contribution >= 4 is 17.3 Å². The lowest BCUT2D eigenvalue weighted by Crippen LogP contribution is -2.49. The maximum Gasteiger partial charge on any atom is 0.231 e. The van der Waals surface area contributed by atoms with Gasteiger partial charge in [-0.1, -0.05) is 23.7 Å². The summed E-state index contributed by atoms with van der Waals surface area (Å²) in [6, 6.07) is 11.8. The summed E-state index contributed by atoms with van der Waals surface area (Å²) in [5.74, 6) is 1.51. The average molecular weight is 419 g/mol. The first kappa shape index (κ1) is 20.3. The fraction of sp³-hybridized carbons (Fsp3) is 0.455. The van der Waals surface area contributed by atoms with Gasteiger partial charge < -0.3 is 24.2 Å². The fourth-order valence-electron chi connectivity index (χ4n) is 3.79. The van der Waals surface area contributed by atoms with Gasteiger partial charge in [-0.05, 0) is 42.3 Å². The predicted molar refractivity (Wildman–Crippen MR) is 113 cm³/mol. The lowest BCUT2D eigenvalue weighted by Gasteiger charge is -2.37. The summed E-state index contributed by atoms with van der Waals surface area (Å²) >= 11 is 6.16. The van der Waals surface area contributed by atoms with Crippen LogP contribution in [0.3, 0.4) is 0 Å². The molecule has 2 heterocycles. The zero-order chi connectivity index (χ0) is 20.2. The molecule has 0 radical (unpaired) electrons. The van der Waals surface area contributed by atoms with Crippen LogP contribution in [-0.4, -0.2) is 62.2 Å². The van der Waals surface area contributed by atoms with Gasteiger partial charge in [0, 0.05) is 43.4 Å². The van der Waals surface area contributed by atoms with Gasteiger partial charge in [-0.2, -0.15) is 0 Å². The molecule has 0 spiro atoms. The van der Waals surface area contributed by atoms with Crippen molar-refractivity contribution < 1.29 is 19.3 Å². The van der Waals surface area contributed by atoms with Gasteiger partial charge >= 0.3 is 0 Å². The van der Waals surface area contributed by atoms with Gasteiger partial charge in [-0.15, -0.1) is 0 Å². The Morgan fingerprint density at radius 3 is 2.69 bits per heavy atom. The highest BCUT2D eigenvalue weighted by molar-refractivity contribution is 6.30. The van der Waals surface area contributed by atoms with Crippen molar-refractivity contribution in [1.29, 1.82) is 0 Å². The molecule has 1 N–H and O–H groups in total. The van der Waals surface area contributed by atoms with Crippen molar-refractivity contribution in [3.05, 3.63) is 52.5 Å². The molecule has 2 aromatic carbocycles. The van der Waals surface area contributed by atoms with Gasteiger partial charge in [0.15, 0.2) is 11.5 Å². The van der Waals surface area contributed by atoms with E-state index in [0.717, 1.165) is 48.3 Å². The molecule has 1 saturated heterocycles. The number of ether oxygens (including phenoxy) is 3. The lowest BCUT2D eigenvalue weighted by atomic mass is 10.1. The van der Waals surface area contributed by atoms with Crippen LogP contribution in [0, 0.1) is 6.92 Å². The number of hydrogen-bond donors (Lipinski definition) is 1. The minimum atomic E-state index is -0.511. The van der Waals surface area contributed by atoms with E-state index in [0.29, 0.717) is 19.8 Å². The Hall–Kier alpha value is -1.99. The fourth-order valence-corrected chi connectivity index (χ4v) is 3.96. The normalized spacial score (nSPS) is 17.6. The summed E-state index contributed by atoms with van der Waals surface area (Å²) in [5.41, 5.74) is 3.44. The number of halogens is 1. The molecule has 0 aliphatic carbocycles. The van der Waals surface area contributed by atoms with E-state index in [-0.39, 0.29) is 6.79 Å². The molecule has 0 bridgehead atoms. The molecule has 29 heavy (non-hydrogen) atoms. The molecule has 0 saturated carbocycles. The van der Waals surface area contributed by atoms with Crippen LogP contribution in [0.1, 0.15) is 11.1 Å². The largest absolute Gasteiger partial charge is 0.454 e. The summed E-state index contributed by atoms with van der Waals surface area (Å²) in [4.78, 5) is 4.64. The van der Waals surface area contributed by atoms with E-state index in [1.54, 1.807) is 0 Å². The van der Waals surface area contributed by atoms with E-state index in [1.165, 1.54) is 11.3 Å². The Morgan fingerprint density at radius 2 is 1.86 bits per heavy atom. The van der Waals surface area contributed by atoms with Crippen LogP contribution in [0.5, 0.6) is 11.5 Å². The van der Waals surface area contributed by atoms with E-state index < -0.39 is 6.10 Å². The van der Waals surface area contributed by atoms with Crippen LogP contribution in [0.15, 0.2) is 36.4 Å². The maximum atomic E-state index is 10.4. The molecule has 0 amide bonds. The first-order valence-electron chi connectivity index (χ1n) is 9.96. The van der Waals surface area contributed by atoms with E-state index in [2.05, 4.69) is 22.8 Å². The zero-order valence-electron chi connectivity index (χ0n) is 16.6. The molecule has 2 aliphatic heterocycles. The van der Waals surface area contributed by atoms with Gasteiger partial charge in [-0.3, -0.25) is 4.90 Å². The van der Waals surface area contributed by atoms with Gasteiger partial charge in [-0.25, -0.2) is 0 Å². The molecular weight excluding hydrogens is 392 g/mol. The molecule has 0 unspecified atom stereocenters. The van der Waals surface area contributed by atoms with E-state index in [1.807, 2.05) is 30.3 Å². The Bertz CT molecular complexity index is 840. The maximum absolute atomic E-state index is 10.4. The molecule has 6 nitrogen and oxygen atoms in total. The van der Waals surface area contributed by atoms with Crippen molar-refractivity contribution in [3.63, 3.8) is 0 Å². The van der Waals surface area contributed by atoms with Crippen LogP contribution in [0.2, 0.25) is 5.02 Å². The number of rotatable bonds is 7. The number of β-amino-alcohol motifs (C(OH)–C–C–N with tert-alkyl or cyclic N) is 1. The van der Waals surface area contributed by atoms with E-state index in [4.69, 9.17) is 25.8 Å². The molecule has 0 aromatic heterocycles. The SMILES string of the molecule is Cc1ccc(Cl)cc1N1CCN(C[C@@H](O)COCc2ccc3c(c2)OCO3)CC1. The van der Waals surface area contributed by atoms with Gasteiger partial charge in [0.1, 0.15) is 0 Å². The summed E-state index contributed by atoms with van der Waals surface area (Å²) in [6.45, 7) is 7.40. The number of benzene rings is 2. The van der Waals surface area contributed by atoms with Crippen LogP contribution in [-0.2, 0) is 11.3 Å². The van der Waals surface area contributed by atoms with Gasteiger partial charge in [0.25, 0.3) is 0 Å². The van der Waals surface area contributed by atoms with Gasteiger partial charge in [0.05, 0.1) is 19.3 Å². The number of anilines is 1. The monoisotopic (exact) mass is 418 g/mol. The Morgan fingerprint density at radius 1 is 1.07 bits per heavy atom. The van der Waals surface area contributed by atoms with Crippen molar-refractivity contribution in [1.82, 2.24) is 4.90 Å². The summed E-state index contributed by atoms with van der Waals surface area (Å²) in [6.07, 6.45) is -0.511. The second-order valence-corrected chi connectivity index (χ2v) is 8.01. The summed E-state index contributed by atoms with van der Waals surface area (Å²) in [7, 11) is 0. The number of nitrogens with zero attached hydrogens (tertiary/aromatic N) is 2. The zero-order valence-corrected chi connectivity index (χ0v) is 17.4. The molecule has 7 heteroatoms. The second kappa shape index (κ2) is 9.22. The number of hydrogen-bond acceptors (Lipinski definition) is 6. The third kappa shape index (κ3) is 5.14. The highest BCUT2D eigenvalue weighted by atomic mass is 35.5. The Balaban J connectivity index is 1.19. The molecular formula is C22H27ClN2O4. The standard InChI is InChI=1S/C22H27ClN2O4/c1-16-2-4-18(23)11-20(16)25-8-6-24(7-9-25)12-19(26)14-27-13-17-3-5-21-22(10-17)29-15-28-21/h2-5,10-11,19,26H,6-9,12-15H2,1H3/t19-/m1/s1. The average Bonchev–Trinajstić information content (AvgIpc) is 3.18. The first-order valence-corrected chi connectivity index (χ1v) is 10.3. The molecule has 1 fully saturated rings. The smallest absolute Gasteiger partial charge is 0.231 e. The molecule has 4 rings (SSSR count). The first-order chi connectivity index (χ1) is 14.1. The molecule has 2 aliphatic rings. The quantitative estimate of drug-likeness (QED) is 0.745. The van der Waals surface area contributed by atoms with Gasteiger partial charge in [0.2, 0.25) is 6.79 Å². The van der Waals surface area contributed by atoms with Crippen molar-refractivity contribution in [2.45, 2.75) is 19.6 Å². The van der Waals surface area contributed by atoms with Crippen molar-refractivity contribution in [2.24, 2.45) is 0 Å². The Labute approximate surface area is 176 Å². The number of fused-ring (bicyclic) bond motifs is 1. The van der Waals surface area contributed by atoms with Crippen LogP contribution < -0.4 is 14.4 Å². The van der Waals surface area contributed by atoms with Crippen molar-refractivity contribution in [3.8, 4) is 11.5 Å². The number of aryl methyl sites for hydroxylation is 1. The predicted octanol–water partition coefficient (Wildman–Crippen LogP) is 3.08. The second-order valence-electron chi connectivity index (χ2n) is 7.58. The van der Waals surface area contributed by atoms with Crippen LogP contribution >= 0.6 is 11.6 Å². The minimum Gasteiger partial charge on any atom is -0.454 e. The molecule has 1 atom stereocenters. The third-order valence-corrected chi connectivity index (χ3v) is 5.60. The molecule has 156 valence electrons. The van der Waals surface area contributed by atoms with Crippen LogP contribution in [0.4, 0.5) is 5.69 Å². The number of piperazine rings is 1. The summed E-state index contributed by atoms with van der Waals surface area (Å²) < 4.78 is 16.4. The lowest BCUT2D eigenvalue weighted by molar-refractivity contribution is 0.00911. The number of aliphatic hydroxyl groups excluding tert-OH is 1. The van der Waals surface area contributed by atoms with Crippen molar-refractivity contribution in [2.75, 3.05) is 51.0 Å². The third-order valence-electron chi connectivity index (χ3n) is 5.37. The number of aliphatic hydroxyl groups is 1. The topological polar surface area (TPSA) is 54.4 Å². The summed E-state index contributed by atoms with van der Waals surface area (Å²) in [5, 5.41) is 11.1. The minimum absolute atomic E-state index is 0.266. The van der Waals surface area contributed by atoms with E-state index in [9.17, 15) is 5.11 Å².